The largest absolute Gasteiger partial charge is 0.480 e. The number of rotatable bonds is 4. The molecular weight excluding hydrogens is 220 g/mol. The third-order valence-corrected chi connectivity index (χ3v) is 2.47. The molecule has 1 amide bonds. The first-order valence-corrected chi connectivity index (χ1v) is 5.35. The fourth-order valence-corrected chi connectivity index (χ4v) is 1.44. The molecule has 0 heterocycles. The van der Waals surface area contributed by atoms with Crippen LogP contribution in [0.1, 0.15) is 29.3 Å². The molecule has 0 aliphatic carbocycles. The van der Waals surface area contributed by atoms with Gasteiger partial charge in [-0.15, -0.1) is 0 Å². The number of aryl methyl sites for hydroxylation is 1. The summed E-state index contributed by atoms with van der Waals surface area (Å²) in [5.41, 5.74) is 7.22. The Morgan fingerprint density at radius 1 is 1.47 bits per heavy atom. The number of nitrogen functional groups attached to an aromatic ring is 1. The highest BCUT2D eigenvalue weighted by molar-refractivity contribution is 6.00. The van der Waals surface area contributed by atoms with Gasteiger partial charge in [0.25, 0.3) is 5.91 Å². The molecule has 0 spiro atoms. The van der Waals surface area contributed by atoms with E-state index in [9.17, 15) is 9.59 Å². The van der Waals surface area contributed by atoms with Crippen molar-refractivity contribution >= 4 is 17.6 Å². The number of amides is 1. The van der Waals surface area contributed by atoms with E-state index in [1.165, 1.54) is 0 Å². The fraction of sp³-hybridized carbons (Fsp3) is 0.333. The number of nitrogens with one attached hydrogen (secondary N) is 1. The van der Waals surface area contributed by atoms with Gasteiger partial charge in [-0.25, -0.2) is 4.79 Å². The standard InChI is InChI=1S/C12H16N2O3/c1-3-10(12(16)17)14-11(15)8-6-7(2)4-5-9(8)13/h4-6,10H,3,13H2,1-2H3,(H,14,15)(H,16,17)/t10-/m1/s1. The van der Waals surface area contributed by atoms with Gasteiger partial charge in [0.2, 0.25) is 0 Å². The summed E-state index contributed by atoms with van der Waals surface area (Å²) in [6.45, 7) is 3.53. The van der Waals surface area contributed by atoms with Crippen LogP contribution in [-0.4, -0.2) is 23.0 Å². The molecule has 0 bridgehead atoms. The van der Waals surface area contributed by atoms with Gasteiger partial charge in [0.1, 0.15) is 6.04 Å². The van der Waals surface area contributed by atoms with Gasteiger partial charge in [0.05, 0.1) is 5.56 Å². The Bertz CT molecular complexity index is 443. The lowest BCUT2D eigenvalue weighted by Crippen LogP contribution is -2.40. The predicted octanol–water partition coefficient (Wildman–Crippen LogP) is 1.17. The van der Waals surface area contributed by atoms with E-state index in [1.807, 2.05) is 6.92 Å². The summed E-state index contributed by atoms with van der Waals surface area (Å²) in [4.78, 5) is 22.6. The normalized spacial score (nSPS) is 11.9. The number of nitrogens with two attached hydrogens (primary N) is 1. The van der Waals surface area contributed by atoms with Crippen LogP contribution in [0.5, 0.6) is 0 Å². The number of benzene rings is 1. The van der Waals surface area contributed by atoms with Gasteiger partial charge >= 0.3 is 5.97 Å². The Labute approximate surface area is 99.6 Å². The van der Waals surface area contributed by atoms with Gasteiger partial charge < -0.3 is 16.2 Å². The molecule has 1 aromatic rings. The number of hydrogen-bond acceptors (Lipinski definition) is 3. The molecule has 1 atom stereocenters. The van der Waals surface area contributed by atoms with E-state index in [2.05, 4.69) is 5.32 Å². The van der Waals surface area contributed by atoms with Crippen LogP contribution in [0.3, 0.4) is 0 Å². The monoisotopic (exact) mass is 236 g/mol. The maximum absolute atomic E-state index is 11.8. The van der Waals surface area contributed by atoms with Crippen molar-refractivity contribution in [1.29, 1.82) is 0 Å². The Morgan fingerprint density at radius 3 is 2.65 bits per heavy atom. The molecule has 5 heteroatoms. The van der Waals surface area contributed by atoms with Crippen LogP contribution in [0.15, 0.2) is 18.2 Å². The van der Waals surface area contributed by atoms with Crippen LogP contribution in [0.4, 0.5) is 5.69 Å². The fourth-order valence-electron chi connectivity index (χ4n) is 1.44. The van der Waals surface area contributed by atoms with E-state index in [4.69, 9.17) is 10.8 Å². The third kappa shape index (κ3) is 3.21. The molecular formula is C12H16N2O3. The summed E-state index contributed by atoms with van der Waals surface area (Å²) in [5, 5.41) is 11.3. The highest BCUT2D eigenvalue weighted by Crippen LogP contribution is 2.13. The van der Waals surface area contributed by atoms with Crippen molar-refractivity contribution in [3.05, 3.63) is 29.3 Å². The van der Waals surface area contributed by atoms with Crippen LogP contribution in [-0.2, 0) is 4.79 Å². The second kappa shape index (κ2) is 5.34. The minimum atomic E-state index is -1.05. The quantitative estimate of drug-likeness (QED) is 0.684. The number of carbonyl (C=O) groups is 2. The summed E-state index contributed by atoms with van der Waals surface area (Å²) in [7, 11) is 0. The van der Waals surface area contributed by atoms with E-state index < -0.39 is 17.9 Å². The van der Waals surface area contributed by atoms with Crippen molar-refractivity contribution in [2.75, 3.05) is 5.73 Å². The molecule has 0 aromatic heterocycles. The Kier molecular flexibility index (Phi) is 4.09. The Hall–Kier alpha value is -2.04. The minimum absolute atomic E-state index is 0.310. The van der Waals surface area contributed by atoms with Crippen LogP contribution in [0.2, 0.25) is 0 Å². The first-order chi connectivity index (χ1) is 7.95. The van der Waals surface area contributed by atoms with E-state index in [1.54, 1.807) is 25.1 Å². The lowest BCUT2D eigenvalue weighted by atomic mass is 10.1. The molecule has 4 N–H and O–H groups in total. The Balaban J connectivity index is 2.89. The number of aliphatic carboxylic acids is 1. The topological polar surface area (TPSA) is 92.4 Å². The van der Waals surface area contributed by atoms with Gasteiger partial charge in [-0.3, -0.25) is 4.79 Å². The van der Waals surface area contributed by atoms with Crippen molar-refractivity contribution in [3.8, 4) is 0 Å². The average molecular weight is 236 g/mol. The maximum Gasteiger partial charge on any atom is 0.326 e. The molecule has 0 saturated heterocycles. The smallest absolute Gasteiger partial charge is 0.326 e. The van der Waals surface area contributed by atoms with Crippen molar-refractivity contribution < 1.29 is 14.7 Å². The van der Waals surface area contributed by atoms with Crippen molar-refractivity contribution in [2.24, 2.45) is 0 Å². The third-order valence-electron chi connectivity index (χ3n) is 2.47. The second-order valence-electron chi connectivity index (χ2n) is 3.86. The first-order valence-electron chi connectivity index (χ1n) is 5.35. The summed E-state index contributed by atoms with van der Waals surface area (Å²) in [6, 6.07) is 4.17. The number of carboxylic acids is 1. The molecule has 0 aliphatic heterocycles. The minimum Gasteiger partial charge on any atom is -0.480 e. The van der Waals surface area contributed by atoms with Crippen molar-refractivity contribution in [2.45, 2.75) is 26.3 Å². The molecule has 5 nitrogen and oxygen atoms in total. The van der Waals surface area contributed by atoms with Gasteiger partial charge in [-0.1, -0.05) is 18.6 Å². The maximum atomic E-state index is 11.8. The zero-order valence-electron chi connectivity index (χ0n) is 9.86. The van der Waals surface area contributed by atoms with Crippen LogP contribution >= 0.6 is 0 Å². The molecule has 1 rings (SSSR count). The summed E-state index contributed by atoms with van der Waals surface area (Å²) in [6.07, 6.45) is 0.326. The van der Waals surface area contributed by atoms with Crippen LogP contribution in [0, 0.1) is 6.92 Å². The number of carboxylic acid groups (broad SMARTS) is 1. The van der Waals surface area contributed by atoms with E-state index in [0.29, 0.717) is 17.7 Å². The number of hydrogen-bond donors (Lipinski definition) is 3. The molecule has 0 fully saturated rings. The molecule has 0 unspecified atom stereocenters. The van der Waals surface area contributed by atoms with Crippen LogP contribution in [0.25, 0.3) is 0 Å². The zero-order chi connectivity index (χ0) is 13.0. The summed E-state index contributed by atoms with van der Waals surface area (Å²) >= 11 is 0. The average Bonchev–Trinajstić information content (AvgIpc) is 2.28. The number of carbonyl (C=O) groups excluding carboxylic acids is 1. The van der Waals surface area contributed by atoms with E-state index in [-0.39, 0.29) is 0 Å². The molecule has 0 saturated carbocycles. The van der Waals surface area contributed by atoms with Gasteiger partial charge in [0.15, 0.2) is 0 Å². The first kappa shape index (κ1) is 13.0. The lowest BCUT2D eigenvalue weighted by molar-refractivity contribution is -0.139. The van der Waals surface area contributed by atoms with E-state index in [0.717, 1.165) is 5.56 Å². The van der Waals surface area contributed by atoms with Crippen molar-refractivity contribution in [1.82, 2.24) is 5.32 Å². The summed E-state index contributed by atoms with van der Waals surface area (Å²) in [5.74, 6) is -1.51. The lowest BCUT2D eigenvalue weighted by Gasteiger charge is -2.13. The molecule has 1 aromatic carbocycles. The predicted molar refractivity (Wildman–Crippen MR) is 64.8 cm³/mol. The highest BCUT2D eigenvalue weighted by atomic mass is 16.4. The van der Waals surface area contributed by atoms with Crippen LogP contribution < -0.4 is 11.1 Å². The zero-order valence-corrected chi connectivity index (χ0v) is 9.86. The van der Waals surface area contributed by atoms with E-state index >= 15 is 0 Å². The van der Waals surface area contributed by atoms with Crippen molar-refractivity contribution in [3.63, 3.8) is 0 Å². The second-order valence-corrected chi connectivity index (χ2v) is 3.86. The van der Waals surface area contributed by atoms with Gasteiger partial charge in [0, 0.05) is 5.69 Å². The Morgan fingerprint density at radius 2 is 2.12 bits per heavy atom. The highest BCUT2D eigenvalue weighted by Gasteiger charge is 2.19. The molecule has 0 radical (unpaired) electrons. The number of anilines is 1. The SMILES string of the molecule is CC[C@@H](NC(=O)c1cc(C)ccc1N)C(=O)O. The van der Waals surface area contributed by atoms with Gasteiger partial charge in [-0.05, 0) is 25.5 Å². The molecule has 92 valence electrons. The molecule has 17 heavy (non-hydrogen) atoms. The van der Waals surface area contributed by atoms with Gasteiger partial charge in [-0.2, -0.15) is 0 Å². The summed E-state index contributed by atoms with van der Waals surface area (Å²) < 4.78 is 0. The molecule has 0 aliphatic rings.